The van der Waals surface area contributed by atoms with Crippen LogP contribution >= 0.6 is 0 Å². The summed E-state index contributed by atoms with van der Waals surface area (Å²) in [5, 5.41) is 68.7. The molecular weight excluding hydrogens is 659 g/mol. The molecule has 3 rings (SSSR count). The van der Waals surface area contributed by atoms with Crippen molar-refractivity contribution in [3.63, 3.8) is 0 Å². The second-order valence-electron chi connectivity index (χ2n) is 7.65. The minimum absolute atomic E-state index is 0. The number of piperidine rings is 2. The fourth-order valence-corrected chi connectivity index (χ4v) is 3.21. The van der Waals surface area contributed by atoms with Crippen LogP contribution in [0.25, 0.3) is 16.0 Å². The third-order valence-corrected chi connectivity index (χ3v) is 5.02. The summed E-state index contributed by atoms with van der Waals surface area (Å²) in [6.45, 7) is 0. The maximum absolute atomic E-state index is 10.4. The zero-order valence-electron chi connectivity index (χ0n) is 18.9. The van der Waals surface area contributed by atoms with Crippen molar-refractivity contribution in [3.8, 4) is 0 Å². The zero-order valence-corrected chi connectivity index (χ0v) is 20.7. The Kier molecular flexibility index (Phi) is 16.0. The Morgan fingerprint density at radius 1 is 0.703 bits per heavy atom. The summed E-state index contributed by atoms with van der Waals surface area (Å²) in [6, 6.07) is -4.91. The fourth-order valence-electron chi connectivity index (χ4n) is 3.21. The molecule has 2 fully saturated rings. The fraction of sp³-hybridized carbons (Fsp3) is 0.524. The summed E-state index contributed by atoms with van der Waals surface area (Å²) in [6.07, 6.45) is 6.49. The van der Waals surface area contributed by atoms with Crippen molar-refractivity contribution >= 4 is 35.8 Å². The van der Waals surface area contributed by atoms with Gasteiger partial charge >= 0.3 is 52.9 Å². The Balaban J connectivity index is 0.000000518. The van der Waals surface area contributed by atoms with Crippen LogP contribution < -0.4 is 20.4 Å². The maximum atomic E-state index is 10.4. The van der Waals surface area contributed by atoms with Crippen LogP contribution in [0.3, 0.4) is 0 Å². The second-order valence-corrected chi connectivity index (χ2v) is 7.65. The van der Waals surface area contributed by atoms with Crippen LogP contribution in [0.1, 0.15) is 38.5 Å². The van der Waals surface area contributed by atoms with Crippen LogP contribution in [-0.2, 0) is 28.8 Å². The molecule has 0 spiro atoms. The number of aliphatic carboxylic acids is 6. The van der Waals surface area contributed by atoms with Gasteiger partial charge in [-0.25, -0.2) is 4.79 Å². The Morgan fingerprint density at radius 3 is 1.46 bits per heavy atom. The summed E-state index contributed by atoms with van der Waals surface area (Å²) in [4.78, 5) is 61.9. The van der Waals surface area contributed by atoms with Crippen molar-refractivity contribution in [1.82, 2.24) is 0 Å². The van der Waals surface area contributed by atoms with Gasteiger partial charge in [0.05, 0.1) is 0 Å². The summed E-state index contributed by atoms with van der Waals surface area (Å²) in [5.41, 5.74) is -0.272. The SMILES string of the molecule is O=C(O)C1=CC=CC(C(=O)[O-])[N-]1.O=C([O-])C1CCCC(C(=O)O)[N-]1.O=C([O-])C1CCCC(C(=O)[O-])[N-]1.[Yb+3]. The second kappa shape index (κ2) is 17.1. The number of hydrogen-bond donors (Lipinski definition) is 2. The number of carboxylic acid groups (broad SMARTS) is 6. The standard InChI is InChI=1S/2C7H10NO4.C7H6NO4.Yb/c3*9-6(10)4-2-1-3-5(8-4)7(11)12;/h2*4-5H,1-3H2,(H,9,10)(H,11,12);1-4H,(H,9,10)(H,11,12);/q3*-1;+3/p-4. The van der Waals surface area contributed by atoms with E-state index in [-0.39, 0.29) is 52.6 Å². The van der Waals surface area contributed by atoms with Gasteiger partial charge < -0.3 is 65.8 Å². The molecular formula is C21H22N3O12Yb-4. The van der Waals surface area contributed by atoms with Gasteiger partial charge in [0.25, 0.3) is 5.97 Å². The largest absolute Gasteiger partial charge is 3.00 e. The molecule has 0 saturated carbocycles. The van der Waals surface area contributed by atoms with Crippen molar-refractivity contribution in [2.24, 2.45) is 0 Å². The summed E-state index contributed by atoms with van der Waals surface area (Å²) < 4.78 is 0. The maximum Gasteiger partial charge on any atom is 3.00 e. The van der Waals surface area contributed by atoms with Gasteiger partial charge in [-0.2, -0.15) is 0 Å². The molecule has 2 N–H and O–H groups in total. The molecule has 0 aliphatic carbocycles. The first kappa shape index (κ1) is 34.5. The number of carboxylic acids is 6. The molecule has 16 heteroatoms. The van der Waals surface area contributed by atoms with E-state index >= 15 is 0 Å². The van der Waals surface area contributed by atoms with Crippen molar-refractivity contribution in [3.05, 3.63) is 39.9 Å². The van der Waals surface area contributed by atoms with Crippen LogP contribution in [0.15, 0.2) is 23.9 Å². The Labute approximate surface area is 249 Å². The summed E-state index contributed by atoms with van der Waals surface area (Å²) >= 11 is 0. The van der Waals surface area contributed by atoms with E-state index in [2.05, 4.69) is 16.0 Å². The Morgan fingerprint density at radius 2 is 1.11 bits per heavy atom. The third-order valence-electron chi connectivity index (χ3n) is 5.02. The normalized spacial score (nSPS) is 26.1. The van der Waals surface area contributed by atoms with E-state index in [0.29, 0.717) is 38.5 Å². The van der Waals surface area contributed by atoms with E-state index in [1.165, 1.54) is 18.2 Å². The molecule has 37 heavy (non-hydrogen) atoms. The molecule has 3 aliphatic rings. The third kappa shape index (κ3) is 12.6. The van der Waals surface area contributed by atoms with Crippen molar-refractivity contribution in [2.45, 2.75) is 68.7 Å². The monoisotopic (exact) mass is 682 g/mol. The molecule has 1 radical (unpaired) electrons. The molecule has 5 unspecified atom stereocenters. The summed E-state index contributed by atoms with van der Waals surface area (Å²) in [7, 11) is 0. The van der Waals surface area contributed by atoms with Crippen molar-refractivity contribution in [2.75, 3.05) is 0 Å². The zero-order chi connectivity index (χ0) is 27.4. The Bertz CT molecular complexity index is 838. The van der Waals surface area contributed by atoms with Gasteiger partial charge in [-0.1, -0.05) is 86.6 Å². The first-order valence-corrected chi connectivity index (χ1v) is 10.6. The van der Waals surface area contributed by atoms with E-state index in [1.807, 2.05) is 0 Å². The van der Waals surface area contributed by atoms with Gasteiger partial charge in [-0.3, -0.25) is 4.79 Å². The number of hydrogen-bond acceptors (Lipinski definition) is 10. The molecule has 0 bridgehead atoms. The van der Waals surface area contributed by atoms with E-state index < -0.39 is 66.0 Å². The predicted octanol–water partition coefficient (Wildman–Crippen LogP) is -4.09. The van der Waals surface area contributed by atoms with Crippen molar-refractivity contribution < 1.29 is 106 Å². The minimum atomic E-state index is -1.40. The number of allylic oxidation sites excluding steroid dienone is 2. The first-order chi connectivity index (χ1) is 16.8. The average Bonchev–Trinajstić information content (AvgIpc) is 2.85. The van der Waals surface area contributed by atoms with Crippen molar-refractivity contribution in [1.29, 1.82) is 0 Å². The summed E-state index contributed by atoms with van der Waals surface area (Å²) in [5.74, 6) is -7.59. The molecule has 0 aromatic carbocycles. The van der Waals surface area contributed by atoms with Gasteiger partial charge in [0.1, 0.15) is 0 Å². The van der Waals surface area contributed by atoms with Gasteiger partial charge in [-0.05, 0) is 6.04 Å². The van der Waals surface area contributed by atoms with Gasteiger partial charge in [0.15, 0.2) is 0 Å². The molecule has 3 aliphatic heterocycles. The van der Waals surface area contributed by atoms with E-state index in [4.69, 9.17) is 10.2 Å². The molecule has 3 heterocycles. The minimum Gasteiger partial charge on any atom is -0.668 e. The predicted molar refractivity (Wildman–Crippen MR) is 109 cm³/mol. The molecule has 0 amide bonds. The number of carbonyl (C=O) groups excluding carboxylic acids is 4. The van der Waals surface area contributed by atoms with E-state index in [0.717, 1.165) is 0 Å². The molecule has 2 saturated heterocycles. The molecule has 211 valence electrons. The van der Waals surface area contributed by atoms with Gasteiger partial charge in [-0.15, -0.1) is 0 Å². The molecule has 0 aromatic rings. The average molecular weight is 681 g/mol. The number of rotatable bonds is 6. The van der Waals surface area contributed by atoms with Crippen LogP contribution in [-0.4, -0.2) is 76.2 Å². The first-order valence-electron chi connectivity index (χ1n) is 10.6. The van der Waals surface area contributed by atoms with Crippen LogP contribution in [0.2, 0.25) is 0 Å². The topological polar surface area (TPSA) is 277 Å². The van der Waals surface area contributed by atoms with Crippen LogP contribution in [0.4, 0.5) is 0 Å². The smallest absolute Gasteiger partial charge is 0.668 e. The molecule has 15 nitrogen and oxygen atoms in total. The van der Waals surface area contributed by atoms with Crippen LogP contribution in [0.5, 0.6) is 0 Å². The molecule has 0 aromatic heterocycles. The molecule has 5 atom stereocenters. The van der Waals surface area contributed by atoms with Crippen LogP contribution in [0, 0.1) is 46.9 Å². The van der Waals surface area contributed by atoms with Gasteiger partial charge in [0, 0.05) is 23.9 Å². The Hall–Kier alpha value is -2.46. The van der Waals surface area contributed by atoms with E-state index in [9.17, 15) is 49.2 Å². The quantitative estimate of drug-likeness (QED) is 0.271. The number of nitrogens with zero attached hydrogens (tertiary/aromatic N) is 3. The van der Waals surface area contributed by atoms with E-state index in [1.54, 1.807) is 0 Å². The number of carbonyl (C=O) groups is 6. The van der Waals surface area contributed by atoms with Gasteiger partial charge in [0.2, 0.25) is 0 Å².